The first-order valence-electron chi connectivity index (χ1n) is 5.20. The molecule has 6 heteroatoms. The Kier molecular flexibility index (Phi) is 4.64. The summed E-state index contributed by atoms with van der Waals surface area (Å²) in [4.78, 5) is 2.31. The van der Waals surface area contributed by atoms with Crippen LogP contribution in [0.1, 0.15) is 12.1 Å². The molecule has 0 fully saturated rings. The van der Waals surface area contributed by atoms with Crippen molar-refractivity contribution >= 4 is 40.7 Å². The van der Waals surface area contributed by atoms with Gasteiger partial charge in [-0.2, -0.15) is 8.75 Å². The quantitative estimate of drug-likeness (QED) is 0.624. The van der Waals surface area contributed by atoms with Crippen molar-refractivity contribution in [2.24, 2.45) is 0 Å². The summed E-state index contributed by atoms with van der Waals surface area (Å²) in [5.41, 5.74) is 2.37. The molecule has 16 heavy (non-hydrogen) atoms. The second-order valence-corrected chi connectivity index (χ2v) is 5.70. The molecule has 0 radical (unpaired) electrons. The second-order valence-electron chi connectivity index (χ2n) is 3.71. The number of thioether (sulfide) groups is 1. The van der Waals surface area contributed by atoms with E-state index in [2.05, 4.69) is 26.8 Å². The lowest BCUT2D eigenvalue weighted by molar-refractivity contribution is 0.372. The Morgan fingerprint density at radius 3 is 3.19 bits per heavy atom. The van der Waals surface area contributed by atoms with Crippen molar-refractivity contribution in [1.29, 1.82) is 0 Å². The fourth-order valence-electron chi connectivity index (χ4n) is 1.67. The smallest absolute Gasteiger partial charge is 0.138 e. The highest BCUT2D eigenvalue weighted by Crippen LogP contribution is 2.28. The number of aromatic nitrogens is 2. The zero-order valence-corrected chi connectivity index (χ0v) is 11.5. The van der Waals surface area contributed by atoms with Gasteiger partial charge in [0.1, 0.15) is 10.7 Å². The molecule has 88 valence electrons. The zero-order valence-electron chi connectivity index (χ0n) is 9.15. The molecular formula is C10H14ClN3S2. The molecule has 1 aliphatic heterocycles. The van der Waals surface area contributed by atoms with Crippen molar-refractivity contribution in [3.8, 4) is 0 Å². The lowest BCUT2D eigenvalue weighted by Crippen LogP contribution is -2.25. The van der Waals surface area contributed by atoms with Gasteiger partial charge in [-0.15, -0.1) is 23.4 Å². The Morgan fingerprint density at radius 1 is 1.56 bits per heavy atom. The molecule has 0 saturated carbocycles. The number of hydrogen-bond acceptors (Lipinski definition) is 5. The van der Waals surface area contributed by atoms with E-state index in [1.54, 1.807) is 11.8 Å². The summed E-state index contributed by atoms with van der Waals surface area (Å²) >= 11 is 8.67. The molecule has 0 N–H and O–H groups in total. The van der Waals surface area contributed by atoms with Crippen LogP contribution in [0.4, 0.5) is 0 Å². The van der Waals surface area contributed by atoms with Crippen LogP contribution in [-0.4, -0.2) is 45.4 Å². The number of rotatable bonds is 4. The number of halogens is 1. The van der Waals surface area contributed by atoms with E-state index in [1.165, 1.54) is 17.3 Å². The van der Waals surface area contributed by atoms with Gasteiger partial charge in [-0.25, -0.2) is 0 Å². The highest BCUT2D eigenvalue weighted by Gasteiger charge is 2.17. The number of nitrogens with zero attached hydrogens (tertiary/aromatic N) is 3. The molecular weight excluding hydrogens is 262 g/mol. The van der Waals surface area contributed by atoms with Crippen LogP contribution in [0.2, 0.25) is 0 Å². The van der Waals surface area contributed by atoms with Crippen LogP contribution in [0.25, 0.3) is 5.57 Å². The van der Waals surface area contributed by atoms with E-state index >= 15 is 0 Å². The van der Waals surface area contributed by atoms with Crippen LogP contribution >= 0.6 is 35.1 Å². The van der Waals surface area contributed by atoms with Crippen molar-refractivity contribution in [2.45, 2.75) is 11.4 Å². The minimum Gasteiger partial charge on any atom is -0.302 e. The maximum atomic E-state index is 5.69. The van der Waals surface area contributed by atoms with Gasteiger partial charge in [-0.05, 0) is 19.0 Å². The lowest BCUT2D eigenvalue weighted by Gasteiger charge is -2.22. The minimum absolute atomic E-state index is 0.653. The van der Waals surface area contributed by atoms with Gasteiger partial charge in [-0.1, -0.05) is 6.08 Å². The SMILES string of the molecule is CN1CCC=C(c2nsnc2SCCCl)C1. The standard InChI is InChI=1S/C10H14ClN3S2/c1-14-5-2-3-8(7-14)9-10(13-16-12-9)15-6-4-11/h3H,2,4-7H2,1H3. The van der Waals surface area contributed by atoms with Crippen LogP contribution in [0.5, 0.6) is 0 Å². The molecule has 0 saturated heterocycles. The van der Waals surface area contributed by atoms with Crippen LogP contribution in [0, 0.1) is 0 Å². The third-order valence-electron chi connectivity index (χ3n) is 2.42. The normalized spacial score (nSPS) is 17.5. The van der Waals surface area contributed by atoms with Crippen molar-refractivity contribution < 1.29 is 0 Å². The maximum absolute atomic E-state index is 5.69. The fourth-order valence-corrected chi connectivity index (χ4v) is 3.34. The van der Waals surface area contributed by atoms with Crippen molar-refractivity contribution in [1.82, 2.24) is 13.6 Å². The Bertz CT molecular complexity index is 378. The number of hydrogen-bond donors (Lipinski definition) is 0. The maximum Gasteiger partial charge on any atom is 0.138 e. The molecule has 1 aromatic heterocycles. The minimum atomic E-state index is 0.653. The van der Waals surface area contributed by atoms with E-state index in [9.17, 15) is 0 Å². The summed E-state index contributed by atoms with van der Waals surface area (Å²) in [6.07, 6.45) is 3.38. The van der Waals surface area contributed by atoms with E-state index in [0.717, 1.165) is 36.0 Å². The zero-order chi connectivity index (χ0) is 11.4. The third kappa shape index (κ3) is 2.97. The molecule has 0 atom stereocenters. The molecule has 0 unspecified atom stereocenters. The predicted octanol–water partition coefficient (Wildman–Crippen LogP) is 2.59. The first kappa shape index (κ1) is 12.4. The second kappa shape index (κ2) is 6.00. The summed E-state index contributed by atoms with van der Waals surface area (Å²) in [5.74, 6) is 1.55. The summed E-state index contributed by atoms with van der Waals surface area (Å²) in [6, 6.07) is 0. The van der Waals surface area contributed by atoms with Crippen molar-refractivity contribution in [3.05, 3.63) is 11.8 Å². The molecule has 1 aliphatic rings. The summed E-state index contributed by atoms with van der Waals surface area (Å²) < 4.78 is 8.73. The Morgan fingerprint density at radius 2 is 2.44 bits per heavy atom. The molecule has 2 heterocycles. The van der Waals surface area contributed by atoms with E-state index < -0.39 is 0 Å². The molecule has 0 aliphatic carbocycles. The van der Waals surface area contributed by atoms with E-state index in [0.29, 0.717) is 5.88 Å². The number of likely N-dealkylation sites (N-methyl/N-ethyl adjacent to an activating group) is 1. The Balaban J connectivity index is 2.13. The molecule has 0 aromatic carbocycles. The van der Waals surface area contributed by atoms with E-state index in [-0.39, 0.29) is 0 Å². The largest absolute Gasteiger partial charge is 0.302 e. The van der Waals surface area contributed by atoms with E-state index in [4.69, 9.17) is 11.6 Å². The first-order chi connectivity index (χ1) is 7.81. The lowest BCUT2D eigenvalue weighted by atomic mass is 10.1. The van der Waals surface area contributed by atoms with Crippen molar-refractivity contribution in [3.63, 3.8) is 0 Å². The van der Waals surface area contributed by atoms with Gasteiger partial charge in [0, 0.05) is 24.7 Å². The topological polar surface area (TPSA) is 29.0 Å². The van der Waals surface area contributed by atoms with Gasteiger partial charge >= 0.3 is 0 Å². The van der Waals surface area contributed by atoms with Gasteiger partial charge in [0.15, 0.2) is 0 Å². The summed E-state index contributed by atoms with van der Waals surface area (Å²) in [7, 11) is 2.14. The monoisotopic (exact) mass is 275 g/mol. The third-order valence-corrected chi connectivity index (χ3v) is 4.44. The summed E-state index contributed by atoms with van der Waals surface area (Å²) in [5, 5.41) is 1.03. The Labute approximate surface area is 109 Å². The van der Waals surface area contributed by atoms with Gasteiger partial charge < -0.3 is 4.90 Å². The number of alkyl halides is 1. The van der Waals surface area contributed by atoms with Crippen LogP contribution in [0.3, 0.4) is 0 Å². The Hall–Kier alpha value is -0.100. The van der Waals surface area contributed by atoms with Gasteiger partial charge in [-0.3, -0.25) is 0 Å². The van der Waals surface area contributed by atoms with Gasteiger partial charge in [0.2, 0.25) is 0 Å². The molecule has 2 rings (SSSR count). The van der Waals surface area contributed by atoms with Crippen LogP contribution in [-0.2, 0) is 0 Å². The average Bonchev–Trinajstić information content (AvgIpc) is 2.74. The average molecular weight is 276 g/mol. The predicted molar refractivity (Wildman–Crippen MR) is 71.4 cm³/mol. The molecule has 1 aromatic rings. The van der Waals surface area contributed by atoms with E-state index in [1.807, 2.05) is 0 Å². The molecule has 0 amide bonds. The molecule has 0 bridgehead atoms. The van der Waals surface area contributed by atoms with Gasteiger partial charge in [0.05, 0.1) is 11.7 Å². The molecule has 3 nitrogen and oxygen atoms in total. The molecule has 0 spiro atoms. The first-order valence-corrected chi connectivity index (χ1v) is 7.45. The van der Waals surface area contributed by atoms with Gasteiger partial charge in [0.25, 0.3) is 0 Å². The van der Waals surface area contributed by atoms with Crippen LogP contribution < -0.4 is 0 Å². The highest BCUT2D eigenvalue weighted by atomic mass is 35.5. The fraction of sp³-hybridized carbons (Fsp3) is 0.600. The highest BCUT2D eigenvalue weighted by molar-refractivity contribution is 7.99. The summed E-state index contributed by atoms with van der Waals surface area (Å²) in [6.45, 7) is 2.10. The van der Waals surface area contributed by atoms with Crippen LogP contribution in [0.15, 0.2) is 11.1 Å². The van der Waals surface area contributed by atoms with Crippen molar-refractivity contribution in [2.75, 3.05) is 31.8 Å².